The Labute approximate surface area is 99.3 Å². The van der Waals surface area contributed by atoms with Crippen molar-refractivity contribution in [1.29, 1.82) is 0 Å². The van der Waals surface area contributed by atoms with Gasteiger partial charge in [0.1, 0.15) is 0 Å². The van der Waals surface area contributed by atoms with Crippen molar-refractivity contribution in [3.8, 4) is 0 Å². The van der Waals surface area contributed by atoms with Gasteiger partial charge in [-0.05, 0) is 31.7 Å². The van der Waals surface area contributed by atoms with Crippen molar-refractivity contribution in [3.63, 3.8) is 0 Å². The molecule has 0 saturated heterocycles. The maximum absolute atomic E-state index is 4.20. The Bertz CT molecular complexity index is 291. The van der Waals surface area contributed by atoms with E-state index in [-0.39, 0.29) is 0 Å². The summed E-state index contributed by atoms with van der Waals surface area (Å²) in [6, 6.07) is 0.454. The molecule has 0 radical (unpaired) electrons. The van der Waals surface area contributed by atoms with Crippen LogP contribution in [0.25, 0.3) is 0 Å². The molecular weight excluding hydrogens is 198 g/mol. The molecule has 0 aliphatic heterocycles. The van der Waals surface area contributed by atoms with E-state index >= 15 is 0 Å². The molecule has 1 aromatic rings. The minimum absolute atomic E-state index is 0.454. The fourth-order valence-corrected chi connectivity index (χ4v) is 1.88. The van der Waals surface area contributed by atoms with E-state index in [2.05, 4.69) is 42.7 Å². The van der Waals surface area contributed by atoms with Gasteiger partial charge in [0.05, 0.1) is 12.0 Å². The van der Waals surface area contributed by atoms with Crippen LogP contribution >= 0.6 is 0 Å². The van der Waals surface area contributed by atoms with E-state index in [9.17, 15) is 0 Å². The first-order chi connectivity index (χ1) is 7.65. The van der Waals surface area contributed by atoms with Crippen LogP contribution in [0.3, 0.4) is 0 Å². The Morgan fingerprint density at radius 1 is 1.38 bits per heavy atom. The predicted octanol–water partition coefficient (Wildman–Crippen LogP) is 2.90. The van der Waals surface area contributed by atoms with Crippen molar-refractivity contribution in [1.82, 2.24) is 14.9 Å². The smallest absolute Gasteiger partial charge is 0.0946 e. The molecule has 0 bridgehead atoms. The molecule has 92 valence electrons. The van der Waals surface area contributed by atoms with Crippen LogP contribution in [-0.2, 0) is 7.05 Å². The number of nitrogens with zero attached hydrogens (tertiary/aromatic N) is 2. The van der Waals surface area contributed by atoms with Crippen LogP contribution in [0.2, 0.25) is 0 Å². The Kier molecular flexibility index (Phi) is 5.53. The van der Waals surface area contributed by atoms with Gasteiger partial charge in [0.2, 0.25) is 0 Å². The van der Waals surface area contributed by atoms with Crippen molar-refractivity contribution < 1.29 is 0 Å². The summed E-state index contributed by atoms with van der Waals surface area (Å²) in [5.41, 5.74) is 1.30. The average Bonchev–Trinajstić information content (AvgIpc) is 2.65. The maximum atomic E-state index is 4.20. The van der Waals surface area contributed by atoms with Crippen LogP contribution in [0.4, 0.5) is 0 Å². The first kappa shape index (κ1) is 13.2. The third-order valence-corrected chi connectivity index (χ3v) is 2.88. The van der Waals surface area contributed by atoms with Gasteiger partial charge < -0.3 is 9.88 Å². The zero-order valence-electron chi connectivity index (χ0n) is 11.0. The van der Waals surface area contributed by atoms with Gasteiger partial charge in [0.25, 0.3) is 0 Å². The number of hydrogen-bond acceptors (Lipinski definition) is 2. The van der Waals surface area contributed by atoms with Crippen molar-refractivity contribution in [2.24, 2.45) is 13.0 Å². The van der Waals surface area contributed by atoms with Gasteiger partial charge in [-0.2, -0.15) is 0 Å². The third kappa shape index (κ3) is 3.97. The highest BCUT2D eigenvalue weighted by molar-refractivity contribution is 5.04. The highest BCUT2D eigenvalue weighted by Crippen LogP contribution is 2.20. The van der Waals surface area contributed by atoms with E-state index in [1.54, 1.807) is 0 Å². The fourth-order valence-electron chi connectivity index (χ4n) is 1.88. The highest BCUT2D eigenvalue weighted by atomic mass is 15.1. The summed E-state index contributed by atoms with van der Waals surface area (Å²) >= 11 is 0. The highest BCUT2D eigenvalue weighted by Gasteiger charge is 2.14. The molecule has 0 aliphatic carbocycles. The molecule has 1 unspecified atom stereocenters. The number of nitrogens with one attached hydrogen (secondary N) is 1. The molecule has 3 heteroatoms. The lowest BCUT2D eigenvalue weighted by atomic mass is 10.0. The molecule has 0 aromatic carbocycles. The first-order valence-electron chi connectivity index (χ1n) is 6.34. The van der Waals surface area contributed by atoms with E-state index < -0.39 is 0 Å². The fraction of sp³-hybridized carbons (Fsp3) is 0.769. The van der Waals surface area contributed by atoms with Crippen LogP contribution < -0.4 is 5.32 Å². The Morgan fingerprint density at radius 2 is 2.12 bits per heavy atom. The maximum Gasteiger partial charge on any atom is 0.0946 e. The molecule has 3 nitrogen and oxygen atoms in total. The summed E-state index contributed by atoms with van der Waals surface area (Å²) in [6.07, 6.45) is 7.48. The van der Waals surface area contributed by atoms with Gasteiger partial charge in [-0.1, -0.05) is 20.8 Å². The van der Waals surface area contributed by atoms with E-state index in [4.69, 9.17) is 0 Å². The molecule has 0 aliphatic rings. The van der Waals surface area contributed by atoms with Crippen LogP contribution in [-0.4, -0.2) is 16.1 Å². The molecule has 0 fully saturated rings. The van der Waals surface area contributed by atoms with Gasteiger partial charge in [-0.15, -0.1) is 0 Å². The molecule has 1 atom stereocenters. The van der Waals surface area contributed by atoms with E-state index in [1.165, 1.54) is 25.0 Å². The van der Waals surface area contributed by atoms with Gasteiger partial charge in [0, 0.05) is 19.3 Å². The van der Waals surface area contributed by atoms with Crippen molar-refractivity contribution >= 4 is 0 Å². The second-order valence-electron chi connectivity index (χ2n) is 4.91. The second kappa shape index (κ2) is 6.69. The largest absolute Gasteiger partial charge is 0.336 e. The molecule has 1 heterocycles. The number of hydrogen-bond donors (Lipinski definition) is 1. The lowest BCUT2D eigenvalue weighted by Gasteiger charge is -2.19. The summed E-state index contributed by atoms with van der Waals surface area (Å²) in [4.78, 5) is 4.20. The topological polar surface area (TPSA) is 29.9 Å². The normalized spacial score (nSPS) is 13.3. The SMILES string of the molecule is CCCNC(CCC(C)C)c1cncn1C. The van der Waals surface area contributed by atoms with Crippen LogP contribution in [0, 0.1) is 5.92 Å². The van der Waals surface area contributed by atoms with Crippen LogP contribution in [0.15, 0.2) is 12.5 Å². The molecule has 0 saturated carbocycles. The summed E-state index contributed by atoms with van der Waals surface area (Å²) in [5, 5.41) is 3.61. The Balaban J connectivity index is 2.60. The van der Waals surface area contributed by atoms with E-state index in [1.807, 2.05) is 12.5 Å². The average molecular weight is 223 g/mol. The van der Waals surface area contributed by atoms with Crippen molar-refractivity contribution in [2.45, 2.75) is 46.1 Å². The van der Waals surface area contributed by atoms with Gasteiger partial charge in [-0.3, -0.25) is 0 Å². The number of aromatic nitrogens is 2. The van der Waals surface area contributed by atoms with Gasteiger partial charge >= 0.3 is 0 Å². The van der Waals surface area contributed by atoms with E-state index in [0.29, 0.717) is 6.04 Å². The predicted molar refractivity (Wildman–Crippen MR) is 68.3 cm³/mol. The number of imidazole rings is 1. The second-order valence-corrected chi connectivity index (χ2v) is 4.91. The quantitative estimate of drug-likeness (QED) is 0.770. The summed E-state index contributed by atoms with van der Waals surface area (Å²) in [6.45, 7) is 7.84. The minimum Gasteiger partial charge on any atom is -0.336 e. The molecule has 1 rings (SSSR count). The van der Waals surface area contributed by atoms with Crippen molar-refractivity contribution in [2.75, 3.05) is 6.54 Å². The molecule has 1 aromatic heterocycles. The molecule has 0 spiro atoms. The number of aryl methyl sites for hydroxylation is 1. The summed E-state index contributed by atoms with van der Waals surface area (Å²) in [5.74, 6) is 0.763. The Morgan fingerprint density at radius 3 is 2.62 bits per heavy atom. The van der Waals surface area contributed by atoms with Gasteiger partial charge in [-0.25, -0.2) is 4.98 Å². The monoisotopic (exact) mass is 223 g/mol. The molecular formula is C13H25N3. The van der Waals surface area contributed by atoms with Crippen LogP contribution in [0.1, 0.15) is 51.8 Å². The van der Waals surface area contributed by atoms with Crippen LogP contribution in [0.5, 0.6) is 0 Å². The summed E-state index contributed by atoms with van der Waals surface area (Å²) < 4.78 is 2.12. The lowest BCUT2D eigenvalue weighted by Crippen LogP contribution is -2.24. The Hall–Kier alpha value is -0.830. The zero-order chi connectivity index (χ0) is 12.0. The number of rotatable bonds is 7. The van der Waals surface area contributed by atoms with Gasteiger partial charge in [0.15, 0.2) is 0 Å². The summed E-state index contributed by atoms with van der Waals surface area (Å²) in [7, 11) is 2.07. The first-order valence-corrected chi connectivity index (χ1v) is 6.34. The third-order valence-electron chi connectivity index (χ3n) is 2.88. The molecule has 0 amide bonds. The standard InChI is InChI=1S/C13H25N3/c1-5-8-15-12(7-6-11(2)3)13-9-14-10-16(13)4/h9-12,15H,5-8H2,1-4H3. The zero-order valence-corrected chi connectivity index (χ0v) is 11.0. The minimum atomic E-state index is 0.454. The molecule has 16 heavy (non-hydrogen) atoms. The lowest BCUT2D eigenvalue weighted by molar-refractivity contribution is 0.426. The van der Waals surface area contributed by atoms with Crippen molar-refractivity contribution in [3.05, 3.63) is 18.2 Å². The van der Waals surface area contributed by atoms with E-state index in [0.717, 1.165) is 12.5 Å². The molecule has 1 N–H and O–H groups in total.